The lowest BCUT2D eigenvalue weighted by molar-refractivity contribution is -0.120. The second-order valence-electron chi connectivity index (χ2n) is 9.21. The number of rotatable bonds is 7. The lowest BCUT2D eigenvalue weighted by Crippen LogP contribution is -2.49. The van der Waals surface area contributed by atoms with Crippen molar-refractivity contribution in [3.63, 3.8) is 0 Å². The van der Waals surface area contributed by atoms with Crippen LogP contribution in [0.1, 0.15) is 48.9 Å². The van der Waals surface area contributed by atoms with E-state index in [1.54, 1.807) is 18.2 Å². The van der Waals surface area contributed by atoms with Gasteiger partial charge in [0.2, 0.25) is 5.91 Å². The third kappa shape index (κ3) is 6.25. The Hall–Kier alpha value is -2.16. The van der Waals surface area contributed by atoms with Gasteiger partial charge in [-0.25, -0.2) is 4.79 Å². The highest BCUT2D eigenvalue weighted by molar-refractivity contribution is 6.34. The largest absolute Gasteiger partial charge is 0.381 e. The summed E-state index contributed by atoms with van der Waals surface area (Å²) in [4.78, 5) is 40.0. The molecule has 0 spiro atoms. The average Bonchev–Trinajstić information content (AvgIpc) is 2.83. The number of halogens is 1. The fourth-order valence-corrected chi connectivity index (χ4v) is 5.02. The second kappa shape index (κ2) is 11.3. The van der Waals surface area contributed by atoms with Crippen LogP contribution >= 0.6 is 11.6 Å². The molecule has 0 radical (unpaired) electrons. The quantitative estimate of drug-likeness (QED) is 0.590. The van der Waals surface area contributed by atoms with Gasteiger partial charge in [0, 0.05) is 44.8 Å². The molecule has 3 saturated heterocycles. The van der Waals surface area contributed by atoms with Crippen LogP contribution in [0.2, 0.25) is 5.02 Å². The Morgan fingerprint density at radius 2 is 1.82 bits per heavy atom. The highest BCUT2D eigenvalue weighted by atomic mass is 35.5. The molecule has 0 atom stereocenters. The minimum atomic E-state index is -0.515. The lowest BCUT2D eigenvalue weighted by Gasteiger charge is -2.32. The van der Waals surface area contributed by atoms with Crippen molar-refractivity contribution in [3.8, 4) is 0 Å². The zero-order valence-electron chi connectivity index (χ0n) is 19.0. The Morgan fingerprint density at radius 1 is 1.06 bits per heavy atom. The third-order valence-corrected chi connectivity index (χ3v) is 7.24. The highest BCUT2D eigenvalue weighted by Gasteiger charge is 2.28. The molecule has 1 aromatic rings. The van der Waals surface area contributed by atoms with Crippen LogP contribution in [0.3, 0.4) is 0 Å². The summed E-state index contributed by atoms with van der Waals surface area (Å²) in [7, 11) is 0. The van der Waals surface area contributed by atoms with Gasteiger partial charge in [0.25, 0.3) is 5.91 Å². The number of amides is 4. The molecular weight excluding hydrogens is 444 g/mol. The number of urea groups is 1. The van der Waals surface area contributed by atoms with E-state index in [1.807, 2.05) is 4.90 Å². The Labute approximate surface area is 200 Å². The molecule has 4 rings (SSSR count). The van der Waals surface area contributed by atoms with Crippen molar-refractivity contribution in [2.24, 2.45) is 11.8 Å². The zero-order chi connectivity index (χ0) is 23.2. The van der Waals surface area contributed by atoms with Crippen LogP contribution in [0, 0.1) is 11.8 Å². The van der Waals surface area contributed by atoms with E-state index < -0.39 is 6.03 Å². The van der Waals surface area contributed by atoms with Crippen LogP contribution in [-0.4, -0.2) is 68.7 Å². The topological polar surface area (TPSA) is 91.0 Å². The Kier molecular flexibility index (Phi) is 8.22. The summed E-state index contributed by atoms with van der Waals surface area (Å²) in [5.74, 6) is 0.897. The van der Waals surface area contributed by atoms with Gasteiger partial charge in [0.05, 0.1) is 10.7 Å². The molecule has 0 saturated carbocycles. The molecular formula is C24H33ClN4O4. The molecule has 8 nitrogen and oxygen atoms in total. The monoisotopic (exact) mass is 476 g/mol. The first kappa shape index (κ1) is 24.0. The standard InChI is InChI=1S/C24H33ClN4O4/c25-20-2-1-19(15-21(20)29-13-7-22(30)27-24(29)32)23(31)28-11-5-18(6-12-28)16-33-14-8-17-3-9-26-10-4-17/h1-2,15,17-18,26H,3-14,16H2,(H,27,30,32). The van der Waals surface area contributed by atoms with Gasteiger partial charge in [-0.15, -0.1) is 0 Å². The number of imide groups is 1. The number of nitrogens with zero attached hydrogens (tertiary/aromatic N) is 2. The molecule has 3 aliphatic heterocycles. The molecule has 33 heavy (non-hydrogen) atoms. The number of carbonyl (C=O) groups excluding carboxylic acids is 3. The predicted molar refractivity (Wildman–Crippen MR) is 127 cm³/mol. The lowest BCUT2D eigenvalue weighted by atomic mass is 9.95. The summed E-state index contributed by atoms with van der Waals surface area (Å²) in [6.07, 6.45) is 5.69. The summed E-state index contributed by atoms with van der Waals surface area (Å²) >= 11 is 6.30. The van der Waals surface area contributed by atoms with Crippen molar-refractivity contribution in [1.29, 1.82) is 0 Å². The van der Waals surface area contributed by atoms with E-state index in [4.69, 9.17) is 16.3 Å². The highest BCUT2D eigenvalue weighted by Crippen LogP contribution is 2.29. The molecule has 9 heteroatoms. The molecule has 3 heterocycles. The van der Waals surface area contributed by atoms with E-state index >= 15 is 0 Å². The molecule has 3 aliphatic rings. The number of benzene rings is 1. The maximum Gasteiger partial charge on any atom is 0.328 e. The van der Waals surface area contributed by atoms with E-state index in [0.29, 0.717) is 35.3 Å². The van der Waals surface area contributed by atoms with E-state index in [-0.39, 0.29) is 24.8 Å². The predicted octanol–water partition coefficient (Wildman–Crippen LogP) is 3.04. The normalized spacial score (nSPS) is 20.8. The number of likely N-dealkylation sites (tertiary alicyclic amines) is 1. The van der Waals surface area contributed by atoms with Crippen molar-refractivity contribution in [2.75, 3.05) is 50.8 Å². The molecule has 2 N–H and O–H groups in total. The van der Waals surface area contributed by atoms with Crippen LogP contribution in [0.4, 0.5) is 10.5 Å². The van der Waals surface area contributed by atoms with Gasteiger partial charge in [-0.1, -0.05) is 11.6 Å². The zero-order valence-corrected chi connectivity index (χ0v) is 19.7. The molecule has 0 aliphatic carbocycles. The first-order chi connectivity index (χ1) is 16.0. The van der Waals surface area contributed by atoms with E-state index in [1.165, 1.54) is 17.7 Å². The number of hydrogen-bond acceptors (Lipinski definition) is 5. The van der Waals surface area contributed by atoms with Gasteiger partial charge in [-0.2, -0.15) is 0 Å². The maximum atomic E-state index is 13.1. The van der Waals surface area contributed by atoms with Crippen LogP contribution in [-0.2, 0) is 9.53 Å². The number of nitrogens with one attached hydrogen (secondary N) is 2. The van der Waals surface area contributed by atoms with E-state index in [0.717, 1.165) is 51.5 Å². The summed E-state index contributed by atoms with van der Waals surface area (Å²) in [5.41, 5.74) is 0.945. The van der Waals surface area contributed by atoms with Crippen LogP contribution in [0.5, 0.6) is 0 Å². The third-order valence-electron chi connectivity index (χ3n) is 6.92. The number of carbonyl (C=O) groups is 3. The SMILES string of the molecule is O=C1CCN(c2cc(C(=O)N3CCC(COCCC4CCNCC4)CC3)ccc2Cl)C(=O)N1. The van der Waals surface area contributed by atoms with E-state index in [2.05, 4.69) is 10.6 Å². The maximum absolute atomic E-state index is 13.1. The van der Waals surface area contributed by atoms with Gasteiger partial charge in [-0.3, -0.25) is 19.8 Å². The smallest absolute Gasteiger partial charge is 0.328 e. The molecule has 3 fully saturated rings. The minimum absolute atomic E-state index is 0.0633. The van der Waals surface area contributed by atoms with E-state index in [9.17, 15) is 14.4 Å². The second-order valence-corrected chi connectivity index (χ2v) is 9.62. The number of piperidine rings is 2. The molecule has 1 aromatic carbocycles. The fourth-order valence-electron chi connectivity index (χ4n) is 4.80. The van der Waals surface area contributed by atoms with Gasteiger partial charge >= 0.3 is 6.03 Å². The minimum Gasteiger partial charge on any atom is -0.381 e. The van der Waals surface area contributed by atoms with Crippen LogP contribution in [0.25, 0.3) is 0 Å². The van der Waals surface area contributed by atoms with Gasteiger partial charge in [-0.05, 0) is 75.2 Å². The number of ether oxygens (including phenoxy) is 1. The summed E-state index contributed by atoms with van der Waals surface area (Å²) in [5, 5.41) is 6.06. The Balaban J connectivity index is 1.25. The van der Waals surface area contributed by atoms with Crippen LogP contribution < -0.4 is 15.5 Å². The van der Waals surface area contributed by atoms with Crippen molar-refractivity contribution in [2.45, 2.75) is 38.5 Å². The summed E-state index contributed by atoms with van der Waals surface area (Å²) in [6, 6.07) is 4.46. The van der Waals surface area contributed by atoms with Crippen molar-refractivity contribution >= 4 is 35.1 Å². The average molecular weight is 477 g/mol. The fraction of sp³-hybridized carbons (Fsp3) is 0.625. The molecule has 0 bridgehead atoms. The Morgan fingerprint density at radius 3 is 2.55 bits per heavy atom. The Bertz CT molecular complexity index is 866. The molecule has 180 valence electrons. The first-order valence-electron chi connectivity index (χ1n) is 12.0. The van der Waals surface area contributed by atoms with Gasteiger partial charge in [0.15, 0.2) is 0 Å². The van der Waals surface area contributed by atoms with Gasteiger partial charge < -0.3 is 15.0 Å². The molecule has 0 aromatic heterocycles. The van der Waals surface area contributed by atoms with Crippen LogP contribution in [0.15, 0.2) is 18.2 Å². The summed E-state index contributed by atoms with van der Waals surface area (Å²) < 4.78 is 5.96. The van der Waals surface area contributed by atoms with Gasteiger partial charge in [0.1, 0.15) is 0 Å². The van der Waals surface area contributed by atoms with Crippen molar-refractivity contribution in [3.05, 3.63) is 28.8 Å². The summed E-state index contributed by atoms with van der Waals surface area (Å²) in [6.45, 7) is 5.46. The van der Waals surface area contributed by atoms with Crippen molar-refractivity contribution in [1.82, 2.24) is 15.5 Å². The molecule has 0 unspecified atom stereocenters. The number of hydrogen-bond donors (Lipinski definition) is 2. The number of anilines is 1. The van der Waals surface area contributed by atoms with Crippen molar-refractivity contribution < 1.29 is 19.1 Å². The molecule has 4 amide bonds. The first-order valence-corrected chi connectivity index (χ1v) is 12.4.